The molecule has 1 aromatic carbocycles. The Kier molecular flexibility index (Phi) is 3.88. The van der Waals surface area contributed by atoms with Gasteiger partial charge in [0.25, 0.3) is 11.7 Å². The molecular formula is C15H19NO3. The van der Waals surface area contributed by atoms with Crippen molar-refractivity contribution in [3.8, 4) is 5.75 Å². The maximum absolute atomic E-state index is 12.3. The van der Waals surface area contributed by atoms with Crippen molar-refractivity contribution in [1.82, 2.24) is 4.90 Å². The van der Waals surface area contributed by atoms with E-state index in [-0.39, 0.29) is 5.91 Å². The number of aryl methyl sites for hydroxylation is 2. The Morgan fingerprint density at radius 2 is 1.74 bits per heavy atom. The summed E-state index contributed by atoms with van der Waals surface area (Å²) in [5.41, 5.74) is 2.13. The summed E-state index contributed by atoms with van der Waals surface area (Å²) in [5.74, 6) is -0.0574. The zero-order chi connectivity index (χ0) is 14.0. The van der Waals surface area contributed by atoms with Crippen LogP contribution in [0.5, 0.6) is 5.75 Å². The molecule has 0 N–H and O–H groups in total. The Morgan fingerprint density at radius 3 is 2.32 bits per heavy atom. The van der Waals surface area contributed by atoms with Gasteiger partial charge in [-0.15, -0.1) is 0 Å². The van der Waals surface area contributed by atoms with Crippen molar-refractivity contribution in [2.24, 2.45) is 0 Å². The molecule has 4 nitrogen and oxygen atoms in total. The average molecular weight is 261 g/mol. The molecule has 1 fully saturated rings. The first-order valence-electron chi connectivity index (χ1n) is 6.53. The van der Waals surface area contributed by atoms with E-state index in [0.717, 1.165) is 29.7 Å². The van der Waals surface area contributed by atoms with E-state index in [9.17, 15) is 9.59 Å². The van der Waals surface area contributed by atoms with Crippen molar-refractivity contribution in [2.45, 2.75) is 26.7 Å². The van der Waals surface area contributed by atoms with Crippen LogP contribution in [-0.2, 0) is 4.79 Å². The van der Waals surface area contributed by atoms with Crippen molar-refractivity contribution in [2.75, 3.05) is 20.2 Å². The fraction of sp³-hybridized carbons (Fsp3) is 0.467. The first kappa shape index (κ1) is 13.6. The summed E-state index contributed by atoms with van der Waals surface area (Å²) < 4.78 is 5.21. The summed E-state index contributed by atoms with van der Waals surface area (Å²) >= 11 is 0. The first-order chi connectivity index (χ1) is 9.04. The number of amides is 1. The minimum atomic E-state index is -0.412. The largest absolute Gasteiger partial charge is 0.496 e. The number of hydrogen-bond donors (Lipinski definition) is 0. The third-order valence-electron chi connectivity index (χ3n) is 3.57. The zero-order valence-corrected chi connectivity index (χ0v) is 11.7. The van der Waals surface area contributed by atoms with Crippen LogP contribution in [0.1, 0.15) is 34.3 Å². The van der Waals surface area contributed by atoms with Gasteiger partial charge in [-0.05, 0) is 49.9 Å². The van der Waals surface area contributed by atoms with Gasteiger partial charge in [0.05, 0.1) is 7.11 Å². The van der Waals surface area contributed by atoms with Gasteiger partial charge in [0.15, 0.2) is 0 Å². The molecule has 1 aliphatic heterocycles. The number of Topliss-reactive ketones (excluding diaryl/α,β-unsaturated/α-hetero) is 1. The third kappa shape index (κ3) is 2.62. The Balaban J connectivity index is 2.28. The van der Waals surface area contributed by atoms with Gasteiger partial charge in [-0.2, -0.15) is 0 Å². The molecule has 0 unspecified atom stereocenters. The number of ketones is 1. The van der Waals surface area contributed by atoms with Gasteiger partial charge in [0.1, 0.15) is 5.75 Å². The maximum atomic E-state index is 12.3. The van der Waals surface area contributed by atoms with Crippen LogP contribution in [-0.4, -0.2) is 36.8 Å². The quantitative estimate of drug-likeness (QED) is 0.618. The molecule has 0 aromatic heterocycles. The van der Waals surface area contributed by atoms with Crippen molar-refractivity contribution in [1.29, 1.82) is 0 Å². The lowest BCUT2D eigenvalue weighted by atomic mass is 10.0. The molecule has 0 bridgehead atoms. The number of ether oxygens (including phenoxy) is 1. The van der Waals surface area contributed by atoms with E-state index in [1.54, 1.807) is 24.1 Å². The Morgan fingerprint density at radius 1 is 1.11 bits per heavy atom. The molecule has 0 aliphatic carbocycles. The van der Waals surface area contributed by atoms with Crippen LogP contribution in [0.3, 0.4) is 0 Å². The summed E-state index contributed by atoms with van der Waals surface area (Å²) in [5, 5.41) is 0. The van der Waals surface area contributed by atoms with Crippen LogP contribution < -0.4 is 4.74 Å². The van der Waals surface area contributed by atoms with Crippen LogP contribution in [0.25, 0.3) is 0 Å². The molecule has 1 heterocycles. The van der Waals surface area contributed by atoms with Gasteiger partial charge in [0.2, 0.25) is 0 Å². The molecular weight excluding hydrogens is 242 g/mol. The molecule has 0 atom stereocenters. The van der Waals surface area contributed by atoms with Crippen LogP contribution in [0.2, 0.25) is 0 Å². The maximum Gasteiger partial charge on any atom is 0.294 e. The molecule has 0 radical (unpaired) electrons. The van der Waals surface area contributed by atoms with E-state index in [1.807, 2.05) is 13.8 Å². The zero-order valence-electron chi connectivity index (χ0n) is 11.7. The monoisotopic (exact) mass is 261 g/mol. The Bertz CT molecular complexity index is 516. The van der Waals surface area contributed by atoms with Crippen LogP contribution in [0, 0.1) is 13.8 Å². The summed E-state index contributed by atoms with van der Waals surface area (Å²) in [4.78, 5) is 26.0. The number of likely N-dealkylation sites (tertiary alicyclic amines) is 1. The van der Waals surface area contributed by atoms with E-state index in [0.29, 0.717) is 18.7 Å². The molecule has 0 saturated carbocycles. The predicted octanol–water partition coefficient (Wildman–Crippen LogP) is 2.12. The molecule has 4 heteroatoms. The number of benzene rings is 1. The minimum absolute atomic E-state index is 0.384. The normalized spacial score (nSPS) is 14.6. The molecule has 1 aliphatic rings. The fourth-order valence-electron chi connectivity index (χ4n) is 2.43. The van der Waals surface area contributed by atoms with Gasteiger partial charge in [-0.1, -0.05) is 0 Å². The SMILES string of the molecule is COc1cc(C)c(C(=O)C(=O)N2CCCC2)cc1C. The number of rotatable bonds is 3. The summed E-state index contributed by atoms with van der Waals surface area (Å²) in [6.45, 7) is 5.08. The van der Waals surface area contributed by atoms with Crippen molar-refractivity contribution < 1.29 is 14.3 Å². The number of carbonyl (C=O) groups excluding carboxylic acids is 2. The highest BCUT2D eigenvalue weighted by Crippen LogP contribution is 2.23. The topological polar surface area (TPSA) is 46.6 Å². The van der Waals surface area contributed by atoms with Crippen LogP contribution in [0.15, 0.2) is 12.1 Å². The number of nitrogens with zero attached hydrogens (tertiary/aromatic N) is 1. The van der Waals surface area contributed by atoms with E-state index in [1.165, 1.54) is 0 Å². The van der Waals surface area contributed by atoms with E-state index >= 15 is 0 Å². The van der Waals surface area contributed by atoms with E-state index in [2.05, 4.69) is 0 Å². The lowest BCUT2D eigenvalue weighted by Gasteiger charge is -2.16. The van der Waals surface area contributed by atoms with Crippen molar-refractivity contribution in [3.05, 3.63) is 28.8 Å². The molecule has 19 heavy (non-hydrogen) atoms. The van der Waals surface area contributed by atoms with Gasteiger partial charge in [-0.25, -0.2) is 0 Å². The fourth-order valence-corrected chi connectivity index (χ4v) is 2.43. The molecule has 2 rings (SSSR count). The van der Waals surface area contributed by atoms with Gasteiger partial charge < -0.3 is 9.64 Å². The molecule has 1 amide bonds. The van der Waals surface area contributed by atoms with Gasteiger partial charge >= 0.3 is 0 Å². The van der Waals surface area contributed by atoms with Crippen molar-refractivity contribution >= 4 is 11.7 Å². The first-order valence-corrected chi connectivity index (χ1v) is 6.53. The predicted molar refractivity (Wildman–Crippen MR) is 72.6 cm³/mol. The number of hydrogen-bond acceptors (Lipinski definition) is 3. The van der Waals surface area contributed by atoms with Crippen LogP contribution in [0.4, 0.5) is 0 Å². The molecule has 102 valence electrons. The second-order valence-corrected chi connectivity index (χ2v) is 4.97. The Hall–Kier alpha value is -1.84. The highest BCUT2D eigenvalue weighted by Gasteiger charge is 2.26. The summed E-state index contributed by atoms with van der Waals surface area (Å²) in [6.07, 6.45) is 1.97. The van der Waals surface area contributed by atoms with Gasteiger partial charge in [0, 0.05) is 18.7 Å². The van der Waals surface area contributed by atoms with Gasteiger partial charge in [-0.3, -0.25) is 9.59 Å². The third-order valence-corrected chi connectivity index (χ3v) is 3.57. The van der Waals surface area contributed by atoms with Crippen LogP contribution >= 0.6 is 0 Å². The van der Waals surface area contributed by atoms with Crippen molar-refractivity contribution in [3.63, 3.8) is 0 Å². The highest BCUT2D eigenvalue weighted by molar-refractivity contribution is 6.43. The summed E-state index contributed by atoms with van der Waals surface area (Å²) in [7, 11) is 1.60. The standard InChI is InChI=1S/C15H19NO3/c1-10-9-13(19-3)11(2)8-12(10)14(17)15(18)16-6-4-5-7-16/h8-9H,4-7H2,1-3H3. The van der Waals surface area contributed by atoms with E-state index < -0.39 is 5.78 Å². The number of carbonyl (C=O) groups is 2. The second kappa shape index (κ2) is 5.43. The lowest BCUT2D eigenvalue weighted by Crippen LogP contribution is -2.34. The lowest BCUT2D eigenvalue weighted by molar-refractivity contribution is -0.125. The summed E-state index contributed by atoms with van der Waals surface area (Å²) in [6, 6.07) is 3.55. The average Bonchev–Trinajstić information content (AvgIpc) is 2.93. The molecule has 0 spiro atoms. The molecule has 1 saturated heterocycles. The number of methoxy groups -OCH3 is 1. The highest BCUT2D eigenvalue weighted by atomic mass is 16.5. The Labute approximate surface area is 113 Å². The second-order valence-electron chi connectivity index (χ2n) is 4.97. The minimum Gasteiger partial charge on any atom is -0.496 e. The van der Waals surface area contributed by atoms with E-state index in [4.69, 9.17) is 4.74 Å². The smallest absolute Gasteiger partial charge is 0.294 e. The molecule has 1 aromatic rings.